The van der Waals surface area contributed by atoms with Crippen LogP contribution in [0, 0.1) is 17.8 Å². The van der Waals surface area contributed by atoms with Crippen LogP contribution in [-0.2, 0) is 17.5 Å². The Kier molecular flexibility index (Phi) is 4.48. The van der Waals surface area contributed by atoms with Crippen LogP contribution in [0.5, 0.6) is 0 Å². The van der Waals surface area contributed by atoms with Crippen molar-refractivity contribution in [1.82, 2.24) is 15.0 Å². The quantitative estimate of drug-likeness (QED) is 0.763. The molecule has 1 heterocycles. The SMILES string of the molecule is C#CCN(Cc1ccc(-c2noc(C(F)(F)F)n2)cc1)C(=O)C1(C)CC1. The second-order valence-electron chi connectivity index (χ2n) is 6.54. The highest BCUT2D eigenvalue weighted by molar-refractivity contribution is 5.85. The van der Waals surface area contributed by atoms with Crippen LogP contribution in [0.4, 0.5) is 13.2 Å². The lowest BCUT2D eigenvalue weighted by atomic mass is 10.1. The Bertz CT molecular complexity index is 846. The summed E-state index contributed by atoms with van der Waals surface area (Å²) in [4.78, 5) is 17.5. The van der Waals surface area contributed by atoms with Crippen molar-refractivity contribution in [3.05, 3.63) is 35.7 Å². The summed E-state index contributed by atoms with van der Waals surface area (Å²) in [6.07, 6.45) is 2.38. The number of hydrogen-bond acceptors (Lipinski definition) is 4. The molecule has 0 radical (unpaired) electrons. The van der Waals surface area contributed by atoms with E-state index in [2.05, 4.69) is 20.6 Å². The summed E-state index contributed by atoms with van der Waals surface area (Å²) >= 11 is 0. The molecule has 8 heteroatoms. The van der Waals surface area contributed by atoms with E-state index >= 15 is 0 Å². The molecule has 1 aromatic heterocycles. The van der Waals surface area contributed by atoms with Crippen molar-refractivity contribution in [2.75, 3.05) is 6.54 Å². The van der Waals surface area contributed by atoms with E-state index in [9.17, 15) is 18.0 Å². The third-order valence-electron chi connectivity index (χ3n) is 4.34. The Morgan fingerprint density at radius 3 is 2.50 bits per heavy atom. The molecule has 2 aromatic rings. The van der Waals surface area contributed by atoms with Gasteiger partial charge in [0.05, 0.1) is 6.54 Å². The normalized spacial score (nSPS) is 15.3. The lowest BCUT2D eigenvalue weighted by Gasteiger charge is -2.23. The van der Waals surface area contributed by atoms with Crippen molar-refractivity contribution in [3.8, 4) is 23.7 Å². The van der Waals surface area contributed by atoms with Crippen LogP contribution in [0.15, 0.2) is 28.8 Å². The highest BCUT2D eigenvalue weighted by atomic mass is 19.4. The number of carbonyl (C=O) groups is 1. The smallest absolute Gasteiger partial charge is 0.329 e. The number of terminal acetylenes is 1. The zero-order valence-electron chi connectivity index (χ0n) is 14.0. The van der Waals surface area contributed by atoms with Gasteiger partial charge in [-0.1, -0.05) is 42.3 Å². The number of carbonyl (C=O) groups excluding carboxylic acids is 1. The molecular weight excluding hydrogens is 347 g/mol. The van der Waals surface area contributed by atoms with E-state index in [0.717, 1.165) is 18.4 Å². The van der Waals surface area contributed by atoms with Crippen LogP contribution in [0.1, 0.15) is 31.2 Å². The maximum absolute atomic E-state index is 12.5. The van der Waals surface area contributed by atoms with E-state index in [-0.39, 0.29) is 23.7 Å². The fourth-order valence-electron chi connectivity index (χ4n) is 2.53. The van der Waals surface area contributed by atoms with Crippen LogP contribution in [0.25, 0.3) is 11.4 Å². The van der Waals surface area contributed by atoms with Gasteiger partial charge in [-0.3, -0.25) is 4.79 Å². The second kappa shape index (κ2) is 6.48. The van der Waals surface area contributed by atoms with E-state index < -0.39 is 12.1 Å². The molecule has 1 aliphatic carbocycles. The van der Waals surface area contributed by atoms with Crippen molar-refractivity contribution in [1.29, 1.82) is 0 Å². The molecule has 1 amide bonds. The molecule has 5 nitrogen and oxygen atoms in total. The van der Waals surface area contributed by atoms with Gasteiger partial charge in [0.1, 0.15) is 0 Å². The van der Waals surface area contributed by atoms with Gasteiger partial charge < -0.3 is 9.42 Å². The molecule has 1 fully saturated rings. The van der Waals surface area contributed by atoms with Crippen LogP contribution >= 0.6 is 0 Å². The van der Waals surface area contributed by atoms with Crippen LogP contribution in [-0.4, -0.2) is 27.5 Å². The fraction of sp³-hybridized carbons (Fsp3) is 0.389. The monoisotopic (exact) mass is 363 g/mol. The molecule has 1 aromatic carbocycles. The predicted molar refractivity (Wildman–Crippen MR) is 86.3 cm³/mol. The molecule has 1 saturated carbocycles. The second-order valence-corrected chi connectivity index (χ2v) is 6.54. The van der Waals surface area contributed by atoms with E-state index in [1.807, 2.05) is 6.92 Å². The first-order valence-corrected chi connectivity index (χ1v) is 7.96. The minimum absolute atomic E-state index is 0.0208. The van der Waals surface area contributed by atoms with Crippen LogP contribution < -0.4 is 0 Å². The molecule has 0 N–H and O–H groups in total. The Labute approximate surface area is 148 Å². The van der Waals surface area contributed by atoms with E-state index in [1.54, 1.807) is 29.2 Å². The maximum Gasteiger partial charge on any atom is 0.471 e. The van der Waals surface area contributed by atoms with Crippen molar-refractivity contribution >= 4 is 5.91 Å². The van der Waals surface area contributed by atoms with E-state index in [1.165, 1.54) is 0 Å². The number of amides is 1. The molecular formula is C18H16F3N3O2. The molecule has 0 aliphatic heterocycles. The number of hydrogen-bond donors (Lipinski definition) is 0. The number of nitrogens with zero attached hydrogens (tertiary/aromatic N) is 3. The lowest BCUT2D eigenvalue weighted by Crippen LogP contribution is -2.36. The molecule has 0 spiro atoms. The van der Waals surface area contributed by atoms with Gasteiger partial charge in [-0.15, -0.1) is 6.42 Å². The van der Waals surface area contributed by atoms with Gasteiger partial charge in [0, 0.05) is 17.5 Å². The van der Waals surface area contributed by atoms with Gasteiger partial charge in [0.2, 0.25) is 11.7 Å². The van der Waals surface area contributed by atoms with Gasteiger partial charge in [-0.05, 0) is 18.4 Å². The molecule has 0 saturated heterocycles. The first kappa shape index (κ1) is 18.0. The number of aromatic nitrogens is 2. The third kappa shape index (κ3) is 3.72. The summed E-state index contributed by atoms with van der Waals surface area (Å²) in [5.41, 5.74) is 0.869. The summed E-state index contributed by atoms with van der Waals surface area (Å²) in [5.74, 6) is 0.974. The van der Waals surface area contributed by atoms with Gasteiger partial charge >= 0.3 is 12.1 Å². The first-order valence-electron chi connectivity index (χ1n) is 7.96. The zero-order chi connectivity index (χ0) is 18.9. The fourth-order valence-corrected chi connectivity index (χ4v) is 2.53. The Morgan fingerprint density at radius 2 is 2.00 bits per heavy atom. The lowest BCUT2D eigenvalue weighted by molar-refractivity contribution is -0.159. The summed E-state index contributed by atoms with van der Waals surface area (Å²) < 4.78 is 41.8. The highest BCUT2D eigenvalue weighted by Gasteiger charge is 2.46. The molecule has 3 rings (SSSR count). The largest absolute Gasteiger partial charge is 0.471 e. The standard InChI is InChI=1S/C18H16F3N3O2/c1-3-10-24(16(25)17(2)8-9-17)11-12-4-6-13(7-5-12)14-22-15(26-23-14)18(19,20)21/h1,4-7H,8-11H2,2H3. The molecule has 26 heavy (non-hydrogen) atoms. The number of rotatable bonds is 5. The van der Waals surface area contributed by atoms with Gasteiger partial charge in [-0.25, -0.2) is 0 Å². The van der Waals surface area contributed by atoms with Crippen LogP contribution in [0.3, 0.4) is 0 Å². The van der Waals surface area contributed by atoms with Gasteiger partial charge in [0.25, 0.3) is 0 Å². The summed E-state index contributed by atoms with van der Waals surface area (Å²) in [6.45, 7) is 2.45. The van der Waals surface area contributed by atoms with Gasteiger partial charge in [-0.2, -0.15) is 18.2 Å². The maximum atomic E-state index is 12.5. The Balaban J connectivity index is 1.73. The van der Waals surface area contributed by atoms with Crippen molar-refractivity contribution in [2.45, 2.75) is 32.5 Å². The third-order valence-corrected chi connectivity index (χ3v) is 4.34. The minimum Gasteiger partial charge on any atom is -0.329 e. The van der Waals surface area contributed by atoms with Gasteiger partial charge in [0.15, 0.2) is 0 Å². The topological polar surface area (TPSA) is 59.2 Å². The zero-order valence-corrected chi connectivity index (χ0v) is 14.0. The Morgan fingerprint density at radius 1 is 1.35 bits per heavy atom. The minimum atomic E-state index is -4.68. The van der Waals surface area contributed by atoms with Crippen molar-refractivity contribution < 1.29 is 22.5 Å². The average molecular weight is 363 g/mol. The molecule has 1 aliphatic rings. The average Bonchev–Trinajstić information content (AvgIpc) is 3.14. The van der Waals surface area contributed by atoms with Crippen molar-refractivity contribution in [3.63, 3.8) is 0 Å². The summed E-state index contributed by atoms with van der Waals surface area (Å²) in [5, 5.41) is 3.34. The van der Waals surface area contributed by atoms with Crippen LogP contribution in [0.2, 0.25) is 0 Å². The molecule has 136 valence electrons. The Hall–Kier alpha value is -2.82. The van der Waals surface area contributed by atoms with E-state index in [0.29, 0.717) is 12.1 Å². The number of alkyl halides is 3. The summed E-state index contributed by atoms with van der Waals surface area (Å²) in [6, 6.07) is 6.56. The van der Waals surface area contributed by atoms with Crippen molar-refractivity contribution in [2.24, 2.45) is 5.41 Å². The predicted octanol–water partition coefficient (Wildman–Crippen LogP) is 3.52. The first-order chi connectivity index (χ1) is 12.2. The number of benzene rings is 1. The number of halogens is 3. The molecule has 0 atom stereocenters. The molecule has 0 bridgehead atoms. The highest BCUT2D eigenvalue weighted by Crippen LogP contribution is 2.46. The summed E-state index contributed by atoms with van der Waals surface area (Å²) in [7, 11) is 0. The van der Waals surface area contributed by atoms with E-state index in [4.69, 9.17) is 6.42 Å². The molecule has 0 unspecified atom stereocenters.